The molecule has 0 heterocycles. The summed E-state index contributed by atoms with van der Waals surface area (Å²) in [7, 11) is 0. The number of nitrogens with one attached hydrogen (secondary N) is 1. The lowest BCUT2D eigenvalue weighted by molar-refractivity contribution is -0.122. The van der Waals surface area contributed by atoms with Crippen LogP contribution in [-0.2, 0) is 4.79 Å². The van der Waals surface area contributed by atoms with E-state index in [1.807, 2.05) is 6.92 Å². The fraction of sp³-hybridized carbons (Fsp3) is 0.909. The normalized spacial score (nSPS) is 28.5. The maximum atomic E-state index is 11.4. The van der Waals surface area contributed by atoms with Crippen molar-refractivity contribution in [2.75, 3.05) is 6.54 Å². The number of aliphatic hydroxyl groups excluding tert-OH is 1. The molecule has 88 valence electrons. The fourth-order valence-corrected chi connectivity index (χ4v) is 2.01. The molecule has 15 heavy (non-hydrogen) atoms. The summed E-state index contributed by atoms with van der Waals surface area (Å²) >= 11 is 0. The number of hydrogen-bond donors (Lipinski definition) is 3. The summed E-state index contributed by atoms with van der Waals surface area (Å²) in [5.41, 5.74) is 5.60. The Morgan fingerprint density at radius 3 is 2.93 bits per heavy atom. The van der Waals surface area contributed by atoms with E-state index in [0.717, 1.165) is 25.7 Å². The van der Waals surface area contributed by atoms with Crippen LogP contribution in [-0.4, -0.2) is 29.7 Å². The van der Waals surface area contributed by atoms with Gasteiger partial charge in [-0.15, -0.1) is 0 Å². The summed E-state index contributed by atoms with van der Waals surface area (Å²) in [5, 5.41) is 12.3. The molecule has 0 spiro atoms. The lowest BCUT2D eigenvalue weighted by atomic mass is 9.87. The largest absolute Gasteiger partial charge is 0.393 e. The zero-order chi connectivity index (χ0) is 11.3. The second kappa shape index (κ2) is 6.08. The Bertz CT molecular complexity index is 209. The Kier molecular flexibility index (Phi) is 5.05. The summed E-state index contributed by atoms with van der Waals surface area (Å²) in [6, 6.07) is -0.390. The van der Waals surface area contributed by atoms with Crippen LogP contribution in [0.25, 0.3) is 0 Å². The van der Waals surface area contributed by atoms with Crippen LogP contribution in [0.1, 0.15) is 39.0 Å². The topological polar surface area (TPSA) is 75.4 Å². The SMILES string of the molecule is CC[C@@H](N)C(=O)NCC1CCCC(O)C1. The predicted molar refractivity (Wildman–Crippen MR) is 59.2 cm³/mol. The van der Waals surface area contributed by atoms with Crippen molar-refractivity contribution in [1.82, 2.24) is 5.32 Å². The highest BCUT2D eigenvalue weighted by Gasteiger charge is 2.21. The summed E-state index contributed by atoms with van der Waals surface area (Å²) in [6.45, 7) is 2.55. The Labute approximate surface area is 91.2 Å². The minimum Gasteiger partial charge on any atom is -0.393 e. The quantitative estimate of drug-likeness (QED) is 0.633. The van der Waals surface area contributed by atoms with E-state index in [-0.39, 0.29) is 12.0 Å². The van der Waals surface area contributed by atoms with E-state index in [9.17, 15) is 9.90 Å². The maximum absolute atomic E-state index is 11.4. The Morgan fingerprint density at radius 1 is 1.60 bits per heavy atom. The first-order valence-corrected chi connectivity index (χ1v) is 5.84. The first-order valence-electron chi connectivity index (χ1n) is 5.84. The molecule has 0 aromatic carbocycles. The van der Waals surface area contributed by atoms with Crippen molar-refractivity contribution in [3.63, 3.8) is 0 Å². The molecule has 0 aromatic rings. The standard InChI is InChI=1S/C11H22N2O2/c1-2-10(12)11(15)13-7-8-4-3-5-9(14)6-8/h8-10,14H,2-7,12H2,1H3,(H,13,15)/t8?,9?,10-/m1/s1. The van der Waals surface area contributed by atoms with Crippen LogP contribution in [0.2, 0.25) is 0 Å². The Hall–Kier alpha value is -0.610. The molecule has 0 bridgehead atoms. The van der Waals surface area contributed by atoms with E-state index < -0.39 is 6.04 Å². The molecule has 4 N–H and O–H groups in total. The van der Waals surface area contributed by atoms with E-state index in [2.05, 4.69) is 5.32 Å². The highest BCUT2D eigenvalue weighted by Crippen LogP contribution is 2.23. The van der Waals surface area contributed by atoms with Crippen molar-refractivity contribution in [1.29, 1.82) is 0 Å². The lowest BCUT2D eigenvalue weighted by Gasteiger charge is -2.26. The average molecular weight is 214 g/mol. The maximum Gasteiger partial charge on any atom is 0.236 e. The molecule has 0 saturated heterocycles. The third-order valence-corrected chi connectivity index (χ3v) is 3.10. The molecule has 1 fully saturated rings. The minimum atomic E-state index is -0.390. The van der Waals surface area contributed by atoms with Crippen LogP contribution in [0.4, 0.5) is 0 Å². The van der Waals surface area contributed by atoms with Crippen LogP contribution in [0.5, 0.6) is 0 Å². The second-order valence-corrected chi connectivity index (χ2v) is 4.45. The van der Waals surface area contributed by atoms with Gasteiger partial charge in [0.25, 0.3) is 0 Å². The highest BCUT2D eigenvalue weighted by atomic mass is 16.3. The smallest absolute Gasteiger partial charge is 0.236 e. The fourth-order valence-electron chi connectivity index (χ4n) is 2.01. The molecule has 2 unspecified atom stereocenters. The monoisotopic (exact) mass is 214 g/mol. The van der Waals surface area contributed by atoms with E-state index in [4.69, 9.17) is 5.73 Å². The van der Waals surface area contributed by atoms with Gasteiger partial charge >= 0.3 is 0 Å². The van der Waals surface area contributed by atoms with Crippen LogP contribution in [0.15, 0.2) is 0 Å². The molecule has 3 atom stereocenters. The molecule has 4 heteroatoms. The molecule has 0 aromatic heterocycles. The molecule has 4 nitrogen and oxygen atoms in total. The first-order chi connectivity index (χ1) is 7.13. The van der Waals surface area contributed by atoms with Gasteiger partial charge in [0.2, 0.25) is 5.91 Å². The van der Waals surface area contributed by atoms with Crippen molar-refractivity contribution in [2.45, 2.75) is 51.2 Å². The molecular formula is C11H22N2O2. The van der Waals surface area contributed by atoms with Gasteiger partial charge in [0.05, 0.1) is 12.1 Å². The Balaban J connectivity index is 2.21. The van der Waals surface area contributed by atoms with Crippen LogP contribution >= 0.6 is 0 Å². The number of carbonyl (C=O) groups excluding carboxylic acids is 1. The molecule has 0 aliphatic heterocycles. The summed E-state index contributed by atoms with van der Waals surface area (Å²) in [6.07, 6.45) is 4.35. The summed E-state index contributed by atoms with van der Waals surface area (Å²) in [4.78, 5) is 11.4. The number of hydrogen-bond acceptors (Lipinski definition) is 3. The molecule has 1 amide bonds. The van der Waals surface area contributed by atoms with Crippen molar-refractivity contribution in [3.8, 4) is 0 Å². The van der Waals surface area contributed by atoms with Crippen LogP contribution in [0.3, 0.4) is 0 Å². The molecule has 1 saturated carbocycles. The predicted octanol–water partition coefficient (Wildman–Crippen LogP) is 0.391. The second-order valence-electron chi connectivity index (χ2n) is 4.45. The third-order valence-electron chi connectivity index (χ3n) is 3.10. The molecule has 0 radical (unpaired) electrons. The van der Waals surface area contributed by atoms with Crippen molar-refractivity contribution < 1.29 is 9.90 Å². The van der Waals surface area contributed by atoms with Gasteiger partial charge in [-0.25, -0.2) is 0 Å². The third kappa shape index (κ3) is 4.18. The van der Waals surface area contributed by atoms with Gasteiger partial charge in [0, 0.05) is 6.54 Å². The van der Waals surface area contributed by atoms with Gasteiger partial charge in [-0.1, -0.05) is 13.3 Å². The number of aliphatic hydroxyl groups is 1. The van der Waals surface area contributed by atoms with Gasteiger partial charge in [-0.2, -0.15) is 0 Å². The number of nitrogens with two attached hydrogens (primary N) is 1. The van der Waals surface area contributed by atoms with Gasteiger partial charge in [0.15, 0.2) is 0 Å². The van der Waals surface area contributed by atoms with Crippen LogP contribution in [0, 0.1) is 5.92 Å². The van der Waals surface area contributed by atoms with E-state index >= 15 is 0 Å². The first kappa shape index (κ1) is 12.5. The summed E-state index contributed by atoms with van der Waals surface area (Å²) < 4.78 is 0. The van der Waals surface area contributed by atoms with E-state index in [0.29, 0.717) is 18.9 Å². The van der Waals surface area contributed by atoms with Crippen LogP contribution < -0.4 is 11.1 Å². The number of amides is 1. The average Bonchev–Trinajstić information content (AvgIpc) is 2.25. The number of carbonyl (C=O) groups is 1. The summed E-state index contributed by atoms with van der Waals surface area (Å²) in [5.74, 6) is 0.347. The molecule has 1 aliphatic carbocycles. The van der Waals surface area contributed by atoms with E-state index in [1.54, 1.807) is 0 Å². The van der Waals surface area contributed by atoms with Crippen molar-refractivity contribution >= 4 is 5.91 Å². The van der Waals surface area contributed by atoms with Gasteiger partial charge in [-0.3, -0.25) is 4.79 Å². The van der Waals surface area contributed by atoms with Crippen molar-refractivity contribution in [2.24, 2.45) is 11.7 Å². The highest BCUT2D eigenvalue weighted by molar-refractivity contribution is 5.81. The van der Waals surface area contributed by atoms with Gasteiger partial charge in [0.1, 0.15) is 0 Å². The van der Waals surface area contributed by atoms with Crippen molar-refractivity contribution in [3.05, 3.63) is 0 Å². The Morgan fingerprint density at radius 2 is 2.33 bits per heavy atom. The van der Waals surface area contributed by atoms with Gasteiger partial charge in [-0.05, 0) is 31.6 Å². The van der Waals surface area contributed by atoms with Gasteiger partial charge < -0.3 is 16.2 Å². The molecule has 1 aliphatic rings. The lowest BCUT2D eigenvalue weighted by Crippen LogP contribution is -2.42. The van der Waals surface area contributed by atoms with E-state index in [1.165, 1.54) is 0 Å². The zero-order valence-electron chi connectivity index (χ0n) is 9.41. The number of rotatable bonds is 4. The zero-order valence-corrected chi connectivity index (χ0v) is 9.41. The minimum absolute atomic E-state index is 0.0717. The molecule has 1 rings (SSSR count). The molecular weight excluding hydrogens is 192 g/mol.